The number of aliphatic imine (C=N–C) groups is 1. The van der Waals surface area contributed by atoms with E-state index in [0.717, 1.165) is 49.0 Å². The van der Waals surface area contributed by atoms with E-state index >= 15 is 0 Å². The first-order valence-electron chi connectivity index (χ1n) is 9.59. The lowest BCUT2D eigenvalue weighted by atomic mass is 9.82. The number of likely N-dealkylation sites (tertiary alicyclic amines) is 1. The molecule has 1 aromatic rings. The van der Waals surface area contributed by atoms with Gasteiger partial charge in [-0.3, -0.25) is 4.99 Å². The van der Waals surface area contributed by atoms with Crippen molar-refractivity contribution < 1.29 is 0 Å². The lowest BCUT2D eigenvalue weighted by Crippen LogP contribution is -2.43. The van der Waals surface area contributed by atoms with Crippen LogP contribution in [0.25, 0.3) is 0 Å². The number of nitrogens with zero attached hydrogens (tertiary/aromatic N) is 5. The van der Waals surface area contributed by atoms with Gasteiger partial charge in [0, 0.05) is 39.6 Å². The monoisotopic (exact) mass is 330 g/mol. The van der Waals surface area contributed by atoms with Crippen LogP contribution in [-0.2, 0) is 13.0 Å². The van der Waals surface area contributed by atoms with Crippen molar-refractivity contribution in [3.8, 4) is 0 Å². The molecule has 4 rings (SSSR count). The number of hydrogen-bond acceptors (Lipinski definition) is 3. The second-order valence-corrected chi connectivity index (χ2v) is 7.82. The van der Waals surface area contributed by atoms with Crippen LogP contribution in [0, 0.1) is 24.7 Å². The number of hydrogen-bond donors (Lipinski definition) is 1. The molecular weight excluding hydrogens is 300 g/mol. The number of fused-ring (bicyclic) bond motifs is 2. The van der Waals surface area contributed by atoms with Gasteiger partial charge < -0.3 is 14.8 Å². The summed E-state index contributed by atoms with van der Waals surface area (Å²) in [7, 11) is 1.92. The summed E-state index contributed by atoms with van der Waals surface area (Å²) in [4.78, 5) is 7.06. The smallest absolute Gasteiger partial charge is 0.193 e. The Kier molecular flexibility index (Phi) is 4.46. The summed E-state index contributed by atoms with van der Waals surface area (Å²) in [6, 6.07) is 0. The van der Waals surface area contributed by atoms with Gasteiger partial charge in [-0.25, -0.2) is 0 Å². The van der Waals surface area contributed by atoms with Crippen molar-refractivity contribution in [3.63, 3.8) is 0 Å². The van der Waals surface area contributed by atoms with Crippen LogP contribution >= 0.6 is 0 Å². The molecule has 132 valence electrons. The fourth-order valence-corrected chi connectivity index (χ4v) is 4.84. The summed E-state index contributed by atoms with van der Waals surface area (Å²) in [5.74, 6) is 5.73. The summed E-state index contributed by atoms with van der Waals surface area (Å²) >= 11 is 0. The first kappa shape index (κ1) is 15.9. The van der Waals surface area contributed by atoms with Gasteiger partial charge in [0.25, 0.3) is 0 Å². The maximum Gasteiger partial charge on any atom is 0.193 e. The van der Waals surface area contributed by atoms with Crippen LogP contribution in [0.5, 0.6) is 0 Å². The van der Waals surface area contributed by atoms with Gasteiger partial charge >= 0.3 is 0 Å². The lowest BCUT2D eigenvalue weighted by Gasteiger charge is -2.27. The fourth-order valence-electron chi connectivity index (χ4n) is 4.84. The summed E-state index contributed by atoms with van der Waals surface area (Å²) in [6.07, 6.45) is 7.90. The van der Waals surface area contributed by atoms with Crippen molar-refractivity contribution in [1.82, 2.24) is 25.0 Å². The zero-order valence-electron chi connectivity index (χ0n) is 15.0. The van der Waals surface area contributed by atoms with E-state index in [1.54, 1.807) is 0 Å². The predicted octanol–water partition coefficient (Wildman–Crippen LogP) is 1.85. The van der Waals surface area contributed by atoms with Gasteiger partial charge in [0.1, 0.15) is 11.6 Å². The lowest BCUT2D eigenvalue weighted by molar-refractivity contribution is 0.299. The van der Waals surface area contributed by atoms with Crippen LogP contribution in [0.15, 0.2) is 4.99 Å². The van der Waals surface area contributed by atoms with E-state index in [9.17, 15) is 0 Å². The number of aryl methyl sites for hydroxylation is 2. The molecule has 0 bridgehead atoms. The minimum atomic E-state index is 0.633. The third-order valence-electron chi connectivity index (χ3n) is 6.27. The van der Waals surface area contributed by atoms with Gasteiger partial charge in [-0.05, 0) is 43.9 Å². The molecule has 2 aliphatic heterocycles. The molecule has 0 radical (unpaired) electrons. The molecule has 0 amide bonds. The first-order chi connectivity index (χ1) is 11.7. The Morgan fingerprint density at radius 3 is 2.58 bits per heavy atom. The van der Waals surface area contributed by atoms with Gasteiger partial charge in [-0.15, -0.1) is 10.2 Å². The van der Waals surface area contributed by atoms with Gasteiger partial charge in [0.05, 0.1) is 0 Å². The van der Waals surface area contributed by atoms with Crippen molar-refractivity contribution in [2.45, 2.75) is 52.0 Å². The molecule has 1 aliphatic carbocycles. The number of nitrogens with one attached hydrogen (secondary N) is 1. The Bertz CT molecular complexity index is 593. The molecule has 1 N–H and O–H groups in total. The maximum atomic E-state index is 4.56. The molecule has 3 unspecified atom stereocenters. The highest BCUT2D eigenvalue weighted by Gasteiger charge is 2.35. The molecule has 0 aromatic carbocycles. The van der Waals surface area contributed by atoms with Crippen molar-refractivity contribution >= 4 is 5.96 Å². The highest BCUT2D eigenvalue weighted by atomic mass is 15.3. The van der Waals surface area contributed by atoms with E-state index in [2.05, 4.69) is 36.9 Å². The molecule has 3 aliphatic rings. The SMILES string of the molecule is CN=C(NCC1CCc2nnc(C)n2C1)N1CC2CCCCC2C1. The zero-order chi connectivity index (χ0) is 16.5. The third-order valence-corrected chi connectivity index (χ3v) is 6.27. The van der Waals surface area contributed by atoms with Crippen LogP contribution in [-0.4, -0.2) is 52.3 Å². The third kappa shape index (κ3) is 3.03. The Hall–Kier alpha value is -1.59. The molecule has 6 heteroatoms. The second kappa shape index (κ2) is 6.73. The van der Waals surface area contributed by atoms with E-state index < -0.39 is 0 Å². The maximum absolute atomic E-state index is 4.56. The summed E-state index contributed by atoms with van der Waals surface area (Å²) in [5.41, 5.74) is 0. The van der Waals surface area contributed by atoms with Gasteiger partial charge in [0.15, 0.2) is 5.96 Å². The summed E-state index contributed by atoms with van der Waals surface area (Å²) < 4.78 is 2.28. The highest BCUT2D eigenvalue weighted by molar-refractivity contribution is 5.80. The Morgan fingerprint density at radius 2 is 1.88 bits per heavy atom. The van der Waals surface area contributed by atoms with Crippen LogP contribution in [0.3, 0.4) is 0 Å². The molecule has 3 heterocycles. The Morgan fingerprint density at radius 1 is 1.12 bits per heavy atom. The largest absolute Gasteiger partial charge is 0.356 e. The first-order valence-corrected chi connectivity index (χ1v) is 9.59. The summed E-state index contributed by atoms with van der Waals surface area (Å²) in [6.45, 7) is 6.48. The Balaban J connectivity index is 1.33. The van der Waals surface area contributed by atoms with Crippen molar-refractivity contribution in [3.05, 3.63) is 11.6 Å². The zero-order valence-corrected chi connectivity index (χ0v) is 15.0. The van der Waals surface area contributed by atoms with Crippen LogP contribution in [0.4, 0.5) is 0 Å². The molecule has 1 aromatic heterocycles. The molecule has 3 atom stereocenters. The molecule has 6 nitrogen and oxygen atoms in total. The molecule has 1 saturated heterocycles. The van der Waals surface area contributed by atoms with E-state index in [1.807, 2.05) is 7.05 Å². The van der Waals surface area contributed by atoms with E-state index in [-0.39, 0.29) is 0 Å². The fraction of sp³-hybridized carbons (Fsp3) is 0.833. The molecule has 0 spiro atoms. The average molecular weight is 330 g/mol. The van der Waals surface area contributed by atoms with Gasteiger partial charge in [-0.2, -0.15) is 0 Å². The standard InChI is InChI=1S/C18H30N6/c1-13-21-22-17-8-7-14(10-24(13)17)9-20-18(19-2)23-11-15-5-3-4-6-16(15)12-23/h14-16H,3-12H2,1-2H3,(H,19,20). The van der Waals surface area contributed by atoms with Crippen molar-refractivity contribution in [2.24, 2.45) is 22.7 Å². The molecule has 24 heavy (non-hydrogen) atoms. The quantitative estimate of drug-likeness (QED) is 0.664. The van der Waals surface area contributed by atoms with Crippen molar-refractivity contribution in [1.29, 1.82) is 0 Å². The van der Waals surface area contributed by atoms with E-state index in [1.165, 1.54) is 45.2 Å². The minimum absolute atomic E-state index is 0.633. The number of rotatable bonds is 2. The number of guanidine groups is 1. The topological polar surface area (TPSA) is 58.3 Å². The minimum Gasteiger partial charge on any atom is -0.356 e. The highest BCUT2D eigenvalue weighted by Crippen LogP contribution is 2.36. The van der Waals surface area contributed by atoms with Gasteiger partial charge in [-0.1, -0.05) is 12.8 Å². The molecule has 1 saturated carbocycles. The van der Waals surface area contributed by atoms with Gasteiger partial charge in [0.2, 0.25) is 0 Å². The van der Waals surface area contributed by atoms with Crippen molar-refractivity contribution in [2.75, 3.05) is 26.7 Å². The average Bonchev–Trinajstić information content (AvgIpc) is 3.19. The molecule has 2 fully saturated rings. The van der Waals surface area contributed by atoms with Crippen LogP contribution < -0.4 is 5.32 Å². The summed E-state index contributed by atoms with van der Waals surface area (Å²) in [5, 5.41) is 12.1. The van der Waals surface area contributed by atoms with Crippen LogP contribution in [0.2, 0.25) is 0 Å². The second-order valence-electron chi connectivity index (χ2n) is 7.82. The van der Waals surface area contributed by atoms with Crippen LogP contribution in [0.1, 0.15) is 43.8 Å². The van der Waals surface area contributed by atoms with E-state index in [4.69, 9.17) is 0 Å². The number of aromatic nitrogens is 3. The predicted molar refractivity (Wildman–Crippen MR) is 95.0 cm³/mol. The van der Waals surface area contributed by atoms with E-state index in [0.29, 0.717) is 5.92 Å². The molecular formula is C18H30N6. The Labute approximate surface area is 144 Å². The normalized spacial score (nSPS) is 30.2.